The molecule has 3 heteroatoms. The number of rotatable bonds is 2. The Morgan fingerprint density at radius 3 is 2.46 bits per heavy atom. The number of hydrogen-bond donors (Lipinski definition) is 2. The molecule has 1 aromatic carbocycles. The van der Waals surface area contributed by atoms with E-state index in [1.807, 2.05) is 6.07 Å². The monoisotopic (exact) mass is 198 g/mol. The average molecular weight is 199 g/mol. The van der Waals surface area contributed by atoms with Crippen molar-refractivity contribution in [2.24, 2.45) is 11.7 Å². The van der Waals surface area contributed by atoms with Crippen molar-refractivity contribution >= 4 is 17.3 Å². The van der Waals surface area contributed by atoms with Gasteiger partial charge in [-0.15, -0.1) is 0 Å². The Morgan fingerprint density at radius 2 is 1.92 bits per heavy atom. The van der Waals surface area contributed by atoms with Crippen LogP contribution in [0.4, 0.5) is 5.69 Å². The average Bonchev–Trinajstić information content (AvgIpc) is 2.08. The van der Waals surface area contributed by atoms with Gasteiger partial charge in [-0.3, -0.25) is 0 Å². The smallest absolute Gasteiger partial charge is 0.0455 e. The van der Waals surface area contributed by atoms with Gasteiger partial charge in [0.2, 0.25) is 0 Å². The van der Waals surface area contributed by atoms with Crippen LogP contribution in [0.3, 0.4) is 0 Å². The summed E-state index contributed by atoms with van der Waals surface area (Å²) >= 11 is 6.00. The third-order valence-electron chi connectivity index (χ3n) is 2.10. The van der Waals surface area contributed by atoms with Crippen LogP contribution in [0.15, 0.2) is 18.2 Å². The molecule has 1 unspecified atom stereocenters. The maximum atomic E-state index is 6.00. The first-order valence-corrected chi connectivity index (χ1v) is 4.70. The van der Waals surface area contributed by atoms with E-state index < -0.39 is 0 Å². The van der Waals surface area contributed by atoms with Gasteiger partial charge < -0.3 is 11.5 Å². The molecule has 0 spiro atoms. The summed E-state index contributed by atoms with van der Waals surface area (Å²) < 4.78 is 0. The van der Waals surface area contributed by atoms with Crippen molar-refractivity contribution in [3.05, 3.63) is 28.8 Å². The molecule has 0 amide bonds. The quantitative estimate of drug-likeness (QED) is 0.718. The number of hydrogen-bond acceptors (Lipinski definition) is 2. The second-order valence-corrected chi connectivity index (χ2v) is 3.96. The molecule has 1 rings (SSSR count). The first-order chi connectivity index (χ1) is 6.02. The molecular weight excluding hydrogens is 184 g/mol. The van der Waals surface area contributed by atoms with Gasteiger partial charge in [0.15, 0.2) is 0 Å². The molecule has 0 aliphatic heterocycles. The zero-order chi connectivity index (χ0) is 10.0. The Kier molecular flexibility index (Phi) is 3.17. The number of nitrogens with two attached hydrogens (primary N) is 2. The normalized spacial score (nSPS) is 13.3. The molecule has 13 heavy (non-hydrogen) atoms. The highest BCUT2D eigenvalue weighted by Crippen LogP contribution is 2.27. The number of nitrogen functional groups attached to an aromatic ring is 1. The van der Waals surface area contributed by atoms with Crippen molar-refractivity contribution in [3.63, 3.8) is 0 Å². The van der Waals surface area contributed by atoms with Gasteiger partial charge in [-0.05, 0) is 29.7 Å². The zero-order valence-electron chi connectivity index (χ0n) is 7.92. The molecule has 0 saturated carbocycles. The van der Waals surface area contributed by atoms with Gasteiger partial charge in [0.25, 0.3) is 0 Å². The van der Waals surface area contributed by atoms with Gasteiger partial charge >= 0.3 is 0 Å². The second kappa shape index (κ2) is 3.99. The molecule has 0 fully saturated rings. The second-order valence-electron chi connectivity index (χ2n) is 3.55. The molecule has 0 aliphatic rings. The van der Waals surface area contributed by atoms with Gasteiger partial charge in [-0.1, -0.05) is 25.4 Å². The number of benzene rings is 1. The van der Waals surface area contributed by atoms with Crippen molar-refractivity contribution in [2.75, 3.05) is 5.73 Å². The minimum Gasteiger partial charge on any atom is -0.399 e. The van der Waals surface area contributed by atoms with Crippen LogP contribution < -0.4 is 11.5 Å². The van der Waals surface area contributed by atoms with Gasteiger partial charge in [0.05, 0.1) is 0 Å². The van der Waals surface area contributed by atoms with Crippen molar-refractivity contribution in [3.8, 4) is 0 Å². The summed E-state index contributed by atoms with van der Waals surface area (Å²) in [6.07, 6.45) is 0. The Hall–Kier alpha value is -0.730. The van der Waals surface area contributed by atoms with Gasteiger partial charge in [0, 0.05) is 16.8 Å². The highest BCUT2D eigenvalue weighted by atomic mass is 35.5. The molecule has 72 valence electrons. The summed E-state index contributed by atoms with van der Waals surface area (Å²) in [7, 11) is 0. The van der Waals surface area contributed by atoms with Gasteiger partial charge in [0.1, 0.15) is 0 Å². The predicted molar refractivity (Wildman–Crippen MR) is 57.6 cm³/mol. The predicted octanol–water partition coefficient (Wildman–Crippen LogP) is 2.58. The summed E-state index contributed by atoms with van der Waals surface area (Å²) in [5.41, 5.74) is 13.3. The third kappa shape index (κ3) is 2.36. The minimum absolute atomic E-state index is 0.0454. The first kappa shape index (κ1) is 10.4. The van der Waals surface area contributed by atoms with Crippen LogP contribution in [0.25, 0.3) is 0 Å². The molecule has 0 bridgehead atoms. The SMILES string of the molecule is CC(C)C(N)c1cc(N)ccc1Cl. The maximum Gasteiger partial charge on any atom is 0.0455 e. The van der Waals surface area contributed by atoms with Crippen LogP contribution in [-0.2, 0) is 0 Å². The molecule has 1 aromatic rings. The van der Waals surface area contributed by atoms with E-state index in [1.165, 1.54) is 0 Å². The molecular formula is C10H15ClN2. The molecule has 0 heterocycles. The van der Waals surface area contributed by atoms with Crippen LogP contribution >= 0.6 is 11.6 Å². The minimum atomic E-state index is -0.0454. The van der Waals surface area contributed by atoms with E-state index in [9.17, 15) is 0 Å². The fourth-order valence-corrected chi connectivity index (χ4v) is 1.42. The number of halogens is 1. The molecule has 0 radical (unpaired) electrons. The van der Waals surface area contributed by atoms with Crippen LogP contribution in [-0.4, -0.2) is 0 Å². The van der Waals surface area contributed by atoms with Crippen molar-refractivity contribution in [2.45, 2.75) is 19.9 Å². The van der Waals surface area contributed by atoms with Crippen LogP contribution in [0.5, 0.6) is 0 Å². The van der Waals surface area contributed by atoms with Crippen LogP contribution in [0.1, 0.15) is 25.5 Å². The molecule has 0 aromatic heterocycles. The van der Waals surface area contributed by atoms with Gasteiger partial charge in [-0.25, -0.2) is 0 Å². The summed E-state index contributed by atoms with van der Waals surface area (Å²) in [4.78, 5) is 0. The van der Waals surface area contributed by atoms with Gasteiger partial charge in [-0.2, -0.15) is 0 Å². The summed E-state index contributed by atoms with van der Waals surface area (Å²) in [5.74, 6) is 0.360. The Morgan fingerprint density at radius 1 is 1.31 bits per heavy atom. The summed E-state index contributed by atoms with van der Waals surface area (Å²) in [5, 5.41) is 0.690. The van der Waals surface area contributed by atoms with Crippen LogP contribution in [0.2, 0.25) is 5.02 Å². The Labute approximate surface area is 83.9 Å². The van der Waals surface area contributed by atoms with Crippen LogP contribution in [0, 0.1) is 5.92 Å². The van der Waals surface area contributed by atoms with E-state index in [0.717, 1.165) is 5.56 Å². The lowest BCUT2D eigenvalue weighted by Gasteiger charge is -2.17. The maximum absolute atomic E-state index is 6.00. The van der Waals surface area contributed by atoms with E-state index in [0.29, 0.717) is 16.6 Å². The standard InChI is InChI=1S/C10H15ClN2/c1-6(2)10(13)8-5-7(12)3-4-9(8)11/h3-6,10H,12-13H2,1-2H3. The van der Waals surface area contributed by atoms with E-state index in [-0.39, 0.29) is 6.04 Å². The van der Waals surface area contributed by atoms with Crippen molar-refractivity contribution in [1.82, 2.24) is 0 Å². The Bertz CT molecular complexity index is 297. The fourth-order valence-electron chi connectivity index (χ4n) is 1.18. The largest absolute Gasteiger partial charge is 0.399 e. The van der Waals surface area contributed by atoms with Crippen molar-refractivity contribution in [1.29, 1.82) is 0 Å². The lowest BCUT2D eigenvalue weighted by Crippen LogP contribution is -2.17. The Balaban J connectivity index is 3.05. The summed E-state index contributed by atoms with van der Waals surface area (Å²) in [6.45, 7) is 4.12. The van der Waals surface area contributed by atoms with Crippen molar-refractivity contribution < 1.29 is 0 Å². The molecule has 2 nitrogen and oxygen atoms in total. The lowest BCUT2D eigenvalue weighted by atomic mass is 9.97. The highest BCUT2D eigenvalue weighted by Gasteiger charge is 2.13. The van der Waals surface area contributed by atoms with E-state index in [4.69, 9.17) is 23.1 Å². The third-order valence-corrected chi connectivity index (χ3v) is 2.44. The first-order valence-electron chi connectivity index (χ1n) is 4.33. The fraction of sp³-hybridized carbons (Fsp3) is 0.400. The van der Waals surface area contributed by atoms with E-state index in [1.54, 1.807) is 12.1 Å². The number of anilines is 1. The summed E-state index contributed by atoms with van der Waals surface area (Å²) in [6, 6.07) is 5.36. The molecule has 0 saturated heterocycles. The van der Waals surface area contributed by atoms with E-state index >= 15 is 0 Å². The molecule has 1 atom stereocenters. The highest BCUT2D eigenvalue weighted by molar-refractivity contribution is 6.31. The molecule has 0 aliphatic carbocycles. The lowest BCUT2D eigenvalue weighted by molar-refractivity contribution is 0.514. The topological polar surface area (TPSA) is 52.0 Å². The van der Waals surface area contributed by atoms with E-state index in [2.05, 4.69) is 13.8 Å². The zero-order valence-corrected chi connectivity index (χ0v) is 8.68. The molecule has 4 N–H and O–H groups in total.